The van der Waals surface area contributed by atoms with Gasteiger partial charge in [0, 0.05) is 5.92 Å². The number of carbonyl (C=O) groups excluding carboxylic acids is 1. The van der Waals surface area contributed by atoms with Gasteiger partial charge in [-0.2, -0.15) is 0 Å². The van der Waals surface area contributed by atoms with Crippen LogP contribution in [0.3, 0.4) is 0 Å². The molecule has 0 aliphatic carbocycles. The van der Waals surface area contributed by atoms with Gasteiger partial charge in [-0.15, -0.1) is 0 Å². The van der Waals surface area contributed by atoms with Crippen LogP contribution in [-0.4, -0.2) is 30.6 Å². The van der Waals surface area contributed by atoms with Gasteiger partial charge >= 0.3 is 0 Å². The summed E-state index contributed by atoms with van der Waals surface area (Å²) < 4.78 is 16.4. The molecular weight excluding hydrogens is 172 g/mol. The molecule has 4 atom stereocenters. The van der Waals surface area contributed by atoms with E-state index < -0.39 is 5.79 Å². The van der Waals surface area contributed by atoms with Gasteiger partial charge in [0.2, 0.25) is 0 Å². The Balaban J connectivity index is 2.11. The highest BCUT2D eigenvalue weighted by molar-refractivity contribution is 5.57. The van der Waals surface area contributed by atoms with Crippen LogP contribution in [0, 0.1) is 5.92 Å². The third kappa shape index (κ3) is 1.39. The van der Waals surface area contributed by atoms with Crippen molar-refractivity contribution in [2.75, 3.05) is 0 Å². The van der Waals surface area contributed by atoms with E-state index in [-0.39, 0.29) is 24.4 Å². The average molecular weight is 186 g/mol. The maximum Gasteiger partial charge on any atom is 0.188 e. The molecule has 74 valence electrons. The van der Waals surface area contributed by atoms with Gasteiger partial charge in [0.15, 0.2) is 12.1 Å². The smallest absolute Gasteiger partial charge is 0.188 e. The van der Waals surface area contributed by atoms with Crippen molar-refractivity contribution in [3.63, 3.8) is 0 Å². The number of ether oxygens (including phenoxy) is 3. The van der Waals surface area contributed by atoms with E-state index in [4.69, 9.17) is 14.2 Å². The molecule has 2 rings (SSSR count). The number of hydrogen-bond acceptors (Lipinski definition) is 4. The van der Waals surface area contributed by atoms with Crippen molar-refractivity contribution in [1.82, 2.24) is 0 Å². The zero-order valence-corrected chi connectivity index (χ0v) is 8.02. The molecule has 0 spiro atoms. The van der Waals surface area contributed by atoms with E-state index in [2.05, 4.69) is 0 Å². The van der Waals surface area contributed by atoms with Crippen LogP contribution in [0.1, 0.15) is 20.8 Å². The van der Waals surface area contributed by atoms with Crippen LogP contribution in [0.4, 0.5) is 0 Å². The fourth-order valence-corrected chi connectivity index (χ4v) is 1.84. The fourth-order valence-electron chi connectivity index (χ4n) is 1.84. The van der Waals surface area contributed by atoms with Crippen molar-refractivity contribution >= 4 is 6.29 Å². The van der Waals surface area contributed by atoms with Crippen LogP contribution in [0.25, 0.3) is 0 Å². The minimum atomic E-state index is -0.586. The predicted molar refractivity (Wildman–Crippen MR) is 43.9 cm³/mol. The fraction of sp³-hybridized carbons (Fsp3) is 0.889. The van der Waals surface area contributed by atoms with Gasteiger partial charge in [-0.25, -0.2) is 0 Å². The average Bonchev–Trinajstić information content (AvgIpc) is 2.47. The van der Waals surface area contributed by atoms with E-state index in [9.17, 15) is 4.79 Å². The lowest BCUT2D eigenvalue weighted by Gasteiger charge is -2.21. The van der Waals surface area contributed by atoms with Crippen LogP contribution < -0.4 is 0 Å². The van der Waals surface area contributed by atoms with Crippen LogP contribution >= 0.6 is 0 Å². The van der Waals surface area contributed by atoms with Crippen LogP contribution in [-0.2, 0) is 19.0 Å². The summed E-state index contributed by atoms with van der Waals surface area (Å²) in [5.74, 6) is -0.512. The van der Waals surface area contributed by atoms with E-state index >= 15 is 0 Å². The molecule has 0 amide bonds. The molecule has 0 bridgehead atoms. The van der Waals surface area contributed by atoms with Crippen LogP contribution in [0.2, 0.25) is 0 Å². The molecule has 0 aromatic carbocycles. The predicted octanol–water partition coefficient (Wildman–Crippen LogP) is 0.698. The third-order valence-corrected chi connectivity index (χ3v) is 2.55. The van der Waals surface area contributed by atoms with Gasteiger partial charge < -0.3 is 19.0 Å². The zero-order valence-electron chi connectivity index (χ0n) is 8.02. The molecule has 4 heteroatoms. The van der Waals surface area contributed by atoms with E-state index in [1.807, 2.05) is 20.8 Å². The molecule has 13 heavy (non-hydrogen) atoms. The van der Waals surface area contributed by atoms with Crippen molar-refractivity contribution in [3.8, 4) is 0 Å². The Bertz CT molecular complexity index is 226. The van der Waals surface area contributed by atoms with Crippen LogP contribution in [0.15, 0.2) is 0 Å². The Labute approximate surface area is 77.1 Å². The lowest BCUT2D eigenvalue weighted by Crippen LogP contribution is -2.29. The van der Waals surface area contributed by atoms with Crippen molar-refractivity contribution < 1.29 is 19.0 Å². The zero-order chi connectivity index (χ0) is 9.64. The van der Waals surface area contributed by atoms with E-state index in [0.717, 1.165) is 6.29 Å². The number of aldehydes is 1. The molecule has 2 saturated heterocycles. The van der Waals surface area contributed by atoms with E-state index in [1.54, 1.807) is 0 Å². The van der Waals surface area contributed by atoms with Crippen LogP contribution in [0.5, 0.6) is 0 Å². The van der Waals surface area contributed by atoms with Gasteiger partial charge in [0.25, 0.3) is 0 Å². The molecule has 0 N–H and O–H groups in total. The molecule has 0 aromatic rings. The lowest BCUT2D eigenvalue weighted by atomic mass is 10.0. The van der Waals surface area contributed by atoms with Gasteiger partial charge in [-0.1, -0.05) is 6.92 Å². The first-order valence-electron chi connectivity index (χ1n) is 4.50. The Morgan fingerprint density at radius 3 is 2.54 bits per heavy atom. The maximum absolute atomic E-state index is 10.6. The Hall–Kier alpha value is -0.450. The monoisotopic (exact) mass is 186 g/mol. The minimum Gasteiger partial charge on any atom is -0.341 e. The molecule has 0 aromatic heterocycles. The van der Waals surface area contributed by atoms with Gasteiger partial charge in [-0.3, -0.25) is 0 Å². The second kappa shape index (κ2) is 2.77. The van der Waals surface area contributed by atoms with E-state index in [0.29, 0.717) is 0 Å². The summed E-state index contributed by atoms with van der Waals surface area (Å²) in [5, 5.41) is 0. The minimum absolute atomic E-state index is 0.0734. The first-order chi connectivity index (χ1) is 6.03. The second-order valence-electron chi connectivity index (χ2n) is 4.06. The molecule has 2 aliphatic heterocycles. The molecule has 2 fully saturated rings. The molecule has 4 nitrogen and oxygen atoms in total. The molecule has 1 unspecified atom stereocenters. The first kappa shape index (κ1) is 9.12. The van der Waals surface area contributed by atoms with Crippen molar-refractivity contribution in [3.05, 3.63) is 0 Å². The number of rotatable bonds is 1. The quantitative estimate of drug-likeness (QED) is 0.565. The Kier molecular flexibility index (Phi) is 1.94. The van der Waals surface area contributed by atoms with Gasteiger partial charge in [-0.05, 0) is 13.8 Å². The van der Waals surface area contributed by atoms with Crippen molar-refractivity contribution in [1.29, 1.82) is 0 Å². The summed E-state index contributed by atoms with van der Waals surface area (Å²) in [5.41, 5.74) is 0. The largest absolute Gasteiger partial charge is 0.341 e. The highest BCUT2D eigenvalue weighted by atomic mass is 16.8. The molecule has 2 heterocycles. The normalized spacial score (nSPS) is 47.6. The first-order valence-corrected chi connectivity index (χ1v) is 4.50. The third-order valence-electron chi connectivity index (χ3n) is 2.55. The topological polar surface area (TPSA) is 44.8 Å². The number of hydrogen-bond donors (Lipinski definition) is 0. The second-order valence-corrected chi connectivity index (χ2v) is 4.06. The summed E-state index contributed by atoms with van der Waals surface area (Å²) in [4.78, 5) is 10.6. The molecule has 2 aliphatic rings. The lowest BCUT2D eigenvalue weighted by molar-refractivity contribution is -0.207. The van der Waals surface area contributed by atoms with E-state index in [1.165, 1.54) is 0 Å². The highest BCUT2D eigenvalue weighted by Crippen LogP contribution is 2.39. The van der Waals surface area contributed by atoms with Crippen molar-refractivity contribution in [2.24, 2.45) is 5.92 Å². The van der Waals surface area contributed by atoms with Gasteiger partial charge in [0.1, 0.15) is 18.5 Å². The summed E-state index contributed by atoms with van der Waals surface area (Å²) in [6, 6.07) is 0. The Morgan fingerprint density at radius 2 is 2.00 bits per heavy atom. The summed E-state index contributed by atoms with van der Waals surface area (Å²) in [6.07, 6.45) is -0.0561. The standard InChI is InChI=1S/C9H14O4/c1-5-6(4-10)11-8-7(5)12-9(2,3)13-8/h4-8H,1-3H3/t5-,6?,7-,8-/m1/s1. The number of carbonyl (C=O) groups is 1. The molecular formula is C9H14O4. The molecule has 0 saturated carbocycles. The summed E-state index contributed by atoms with van der Waals surface area (Å²) in [7, 11) is 0. The molecule has 0 radical (unpaired) electrons. The Morgan fingerprint density at radius 1 is 1.31 bits per heavy atom. The summed E-state index contributed by atoms with van der Waals surface area (Å²) in [6.45, 7) is 5.63. The SMILES string of the molecule is C[C@@H]1C(C=O)O[C@@H]2OC(C)(C)O[C@@H]21. The summed E-state index contributed by atoms with van der Waals surface area (Å²) >= 11 is 0. The highest BCUT2D eigenvalue weighted by Gasteiger charge is 2.52. The van der Waals surface area contributed by atoms with Gasteiger partial charge in [0.05, 0.1) is 0 Å². The number of fused-ring (bicyclic) bond motifs is 1. The maximum atomic E-state index is 10.6. The van der Waals surface area contributed by atoms with Crippen molar-refractivity contribution in [2.45, 2.75) is 45.1 Å².